The van der Waals surface area contributed by atoms with Gasteiger partial charge in [-0.15, -0.1) is 0 Å². The Labute approximate surface area is 179 Å². The number of carbonyl (C=O) groups is 2. The summed E-state index contributed by atoms with van der Waals surface area (Å²) in [6, 6.07) is 20.8. The molecule has 160 valence electrons. The zero-order valence-corrected chi connectivity index (χ0v) is 17.3. The average molecular weight is 440 g/mol. The van der Waals surface area contributed by atoms with E-state index in [1.54, 1.807) is 12.1 Å². The minimum atomic E-state index is -3.82. The molecule has 0 saturated heterocycles. The highest BCUT2D eigenvalue weighted by Gasteiger charge is 2.19. The second kappa shape index (κ2) is 9.41. The third-order valence-corrected chi connectivity index (χ3v) is 5.10. The Kier molecular flexibility index (Phi) is 6.68. The first-order valence-corrected chi connectivity index (χ1v) is 10.7. The number of primary sulfonamides is 1. The third kappa shape index (κ3) is 6.14. The third-order valence-electron chi connectivity index (χ3n) is 4.17. The summed E-state index contributed by atoms with van der Waals surface area (Å²) < 4.78 is 33.4. The smallest absolute Gasteiger partial charge is 0.338 e. The zero-order chi connectivity index (χ0) is 22.4. The fraction of sp³-hybridized carbons (Fsp3) is 0.0909. The molecule has 0 aliphatic heterocycles. The molecule has 3 aromatic rings. The molecule has 0 saturated carbocycles. The molecule has 3 rings (SSSR count). The molecular weight excluding hydrogens is 420 g/mol. The number of sulfonamides is 1. The van der Waals surface area contributed by atoms with E-state index in [-0.39, 0.29) is 10.5 Å². The molecule has 31 heavy (non-hydrogen) atoms. The molecule has 0 aliphatic carbocycles. The Hall–Kier alpha value is -3.69. The maximum Gasteiger partial charge on any atom is 0.338 e. The minimum Gasteiger partial charge on any atom is -0.457 e. The first-order chi connectivity index (χ1) is 14.7. The summed E-state index contributed by atoms with van der Waals surface area (Å²) in [5.41, 5.74) is 0.597. The highest BCUT2D eigenvalue weighted by atomic mass is 32.2. The number of nitrogens with one attached hydrogen (secondary N) is 1. The number of carbonyl (C=O) groups excluding carboxylic acids is 2. The van der Waals surface area contributed by atoms with Crippen molar-refractivity contribution in [3.63, 3.8) is 0 Å². The molecule has 0 fully saturated rings. The van der Waals surface area contributed by atoms with Gasteiger partial charge in [0.05, 0.1) is 10.5 Å². The Balaban J connectivity index is 1.56. The van der Waals surface area contributed by atoms with Crippen LogP contribution in [0, 0.1) is 0 Å². The molecule has 0 heterocycles. The van der Waals surface area contributed by atoms with E-state index in [2.05, 4.69) is 5.32 Å². The van der Waals surface area contributed by atoms with Crippen LogP contribution in [0.3, 0.4) is 0 Å². The van der Waals surface area contributed by atoms with Gasteiger partial charge in [-0.2, -0.15) is 0 Å². The Bertz CT molecular complexity index is 1160. The molecule has 0 radical (unpaired) electrons. The highest BCUT2D eigenvalue weighted by molar-refractivity contribution is 7.89. The molecule has 0 bridgehead atoms. The number of rotatable bonds is 7. The highest BCUT2D eigenvalue weighted by Crippen LogP contribution is 2.21. The number of esters is 1. The normalized spacial score (nSPS) is 11.9. The van der Waals surface area contributed by atoms with Crippen molar-refractivity contribution in [1.82, 2.24) is 0 Å². The van der Waals surface area contributed by atoms with Crippen molar-refractivity contribution in [2.24, 2.45) is 5.14 Å². The fourth-order valence-corrected chi connectivity index (χ4v) is 3.05. The van der Waals surface area contributed by atoms with Crippen molar-refractivity contribution in [1.29, 1.82) is 0 Å². The molecule has 0 spiro atoms. The van der Waals surface area contributed by atoms with Crippen LogP contribution in [0.4, 0.5) is 5.69 Å². The van der Waals surface area contributed by atoms with Crippen LogP contribution in [0.2, 0.25) is 0 Å². The second-order valence-corrected chi connectivity index (χ2v) is 8.11. The molecular formula is C22H20N2O6S. The molecule has 3 aromatic carbocycles. The van der Waals surface area contributed by atoms with Gasteiger partial charge in [-0.3, -0.25) is 4.79 Å². The molecule has 3 N–H and O–H groups in total. The monoisotopic (exact) mass is 440 g/mol. The van der Waals surface area contributed by atoms with Crippen LogP contribution in [-0.4, -0.2) is 26.4 Å². The van der Waals surface area contributed by atoms with Crippen LogP contribution in [0.1, 0.15) is 17.3 Å². The lowest BCUT2D eigenvalue weighted by Crippen LogP contribution is -2.30. The number of amides is 1. The van der Waals surface area contributed by atoms with Crippen LogP contribution in [-0.2, 0) is 19.6 Å². The average Bonchev–Trinajstić information content (AvgIpc) is 2.74. The van der Waals surface area contributed by atoms with Crippen LogP contribution in [0.15, 0.2) is 83.8 Å². The second-order valence-electron chi connectivity index (χ2n) is 6.55. The molecule has 0 aliphatic rings. The topological polar surface area (TPSA) is 125 Å². The number of hydrogen-bond donors (Lipinski definition) is 2. The molecule has 0 aromatic heterocycles. The minimum absolute atomic E-state index is 0.0790. The maximum atomic E-state index is 12.3. The quantitative estimate of drug-likeness (QED) is 0.543. The lowest BCUT2D eigenvalue weighted by atomic mass is 10.2. The summed E-state index contributed by atoms with van der Waals surface area (Å²) in [6.07, 6.45) is -1.08. The number of nitrogens with two attached hydrogens (primary N) is 1. The summed E-state index contributed by atoms with van der Waals surface area (Å²) in [6.45, 7) is 1.43. The van der Waals surface area contributed by atoms with E-state index in [9.17, 15) is 18.0 Å². The van der Waals surface area contributed by atoms with E-state index >= 15 is 0 Å². The zero-order valence-electron chi connectivity index (χ0n) is 16.5. The van der Waals surface area contributed by atoms with E-state index in [0.29, 0.717) is 17.2 Å². The Morgan fingerprint density at radius 1 is 0.871 bits per heavy atom. The van der Waals surface area contributed by atoms with Crippen molar-refractivity contribution in [2.75, 3.05) is 5.32 Å². The number of anilines is 1. The van der Waals surface area contributed by atoms with Gasteiger partial charge < -0.3 is 14.8 Å². The number of benzene rings is 3. The van der Waals surface area contributed by atoms with Crippen molar-refractivity contribution in [3.8, 4) is 11.5 Å². The van der Waals surface area contributed by atoms with Crippen molar-refractivity contribution in [3.05, 3.63) is 84.4 Å². The van der Waals surface area contributed by atoms with Crippen LogP contribution in [0.5, 0.6) is 11.5 Å². The molecule has 9 heteroatoms. The Morgan fingerprint density at radius 2 is 1.45 bits per heavy atom. The standard InChI is InChI=1S/C22H20N2O6S/c1-15(21(25)24-17-9-13-20(14-10-17)31(23,27)28)29-22(26)16-7-11-19(12-8-16)30-18-5-3-2-4-6-18/h2-15H,1H3,(H,24,25)(H2,23,27,28)/t15-/m0/s1. The summed E-state index contributed by atoms with van der Waals surface area (Å²) >= 11 is 0. The summed E-state index contributed by atoms with van der Waals surface area (Å²) in [5, 5.41) is 7.58. The van der Waals surface area contributed by atoms with Gasteiger partial charge in [-0.05, 0) is 67.6 Å². The van der Waals surface area contributed by atoms with Gasteiger partial charge >= 0.3 is 5.97 Å². The van der Waals surface area contributed by atoms with Gasteiger partial charge in [0.1, 0.15) is 11.5 Å². The summed E-state index contributed by atoms with van der Waals surface area (Å²) in [4.78, 5) is 24.5. The van der Waals surface area contributed by atoms with E-state index in [4.69, 9.17) is 14.6 Å². The van der Waals surface area contributed by atoms with Crippen molar-refractivity contribution >= 4 is 27.6 Å². The molecule has 0 unspecified atom stereocenters. The van der Waals surface area contributed by atoms with Gasteiger partial charge in [0, 0.05) is 5.69 Å². The van der Waals surface area contributed by atoms with Crippen LogP contribution in [0.25, 0.3) is 0 Å². The molecule has 1 amide bonds. The number of para-hydroxylation sites is 1. The van der Waals surface area contributed by atoms with Gasteiger partial charge in [-0.1, -0.05) is 18.2 Å². The molecule has 1 atom stereocenters. The number of ether oxygens (including phenoxy) is 2. The lowest BCUT2D eigenvalue weighted by Gasteiger charge is -2.14. The first kappa shape index (κ1) is 22.0. The largest absolute Gasteiger partial charge is 0.457 e. The lowest BCUT2D eigenvalue weighted by molar-refractivity contribution is -0.123. The van der Waals surface area contributed by atoms with E-state index < -0.39 is 28.0 Å². The predicted molar refractivity (Wildman–Crippen MR) is 114 cm³/mol. The van der Waals surface area contributed by atoms with Gasteiger partial charge in [0.2, 0.25) is 10.0 Å². The predicted octanol–water partition coefficient (Wildman–Crippen LogP) is 3.31. The molecule has 8 nitrogen and oxygen atoms in total. The van der Waals surface area contributed by atoms with Crippen LogP contribution < -0.4 is 15.2 Å². The van der Waals surface area contributed by atoms with E-state index in [1.165, 1.54) is 43.3 Å². The van der Waals surface area contributed by atoms with Crippen molar-refractivity contribution < 1.29 is 27.5 Å². The van der Waals surface area contributed by atoms with E-state index in [0.717, 1.165) is 0 Å². The van der Waals surface area contributed by atoms with Gasteiger partial charge in [0.15, 0.2) is 6.10 Å². The SMILES string of the molecule is C[C@H](OC(=O)c1ccc(Oc2ccccc2)cc1)C(=O)Nc1ccc(S(N)(=O)=O)cc1. The number of hydrogen-bond acceptors (Lipinski definition) is 6. The van der Waals surface area contributed by atoms with Gasteiger partial charge in [-0.25, -0.2) is 18.4 Å². The maximum absolute atomic E-state index is 12.3. The Morgan fingerprint density at radius 3 is 2.03 bits per heavy atom. The summed E-state index contributed by atoms with van der Waals surface area (Å²) in [7, 11) is -3.82. The summed E-state index contributed by atoms with van der Waals surface area (Å²) in [5.74, 6) is -0.0177. The van der Waals surface area contributed by atoms with E-state index in [1.807, 2.05) is 30.3 Å². The fourth-order valence-electron chi connectivity index (χ4n) is 2.54. The van der Waals surface area contributed by atoms with Gasteiger partial charge in [0.25, 0.3) is 5.91 Å². The van der Waals surface area contributed by atoms with Crippen LogP contribution >= 0.6 is 0 Å². The van der Waals surface area contributed by atoms with Crippen molar-refractivity contribution in [2.45, 2.75) is 17.9 Å². The first-order valence-electron chi connectivity index (χ1n) is 9.20.